The van der Waals surface area contributed by atoms with Crippen LogP contribution in [0, 0.1) is 5.41 Å². The van der Waals surface area contributed by atoms with Crippen molar-refractivity contribution in [2.24, 2.45) is 19.5 Å². The summed E-state index contributed by atoms with van der Waals surface area (Å²) in [6, 6.07) is 0.316. The van der Waals surface area contributed by atoms with Crippen molar-refractivity contribution in [3.05, 3.63) is 36.2 Å². The summed E-state index contributed by atoms with van der Waals surface area (Å²) < 4.78 is 3.76. The smallest absolute Gasteiger partial charge is 0.254 e. The van der Waals surface area contributed by atoms with Crippen LogP contribution in [0.2, 0.25) is 0 Å². The Morgan fingerprint density at radius 2 is 2.04 bits per heavy atom. The fourth-order valence-electron chi connectivity index (χ4n) is 4.25. The first-order valence-electron chi connectivity index (χ1n) is 9.00. The third-order valence-corrected chi connectivity index (χ3v) is 5.88. The number of carbonyl (C=O) groups excluding carboxylic acids is 1. The summed E-state index contributed by atoms with van der Waals surface area (Å²) in [7, 11) is 3.88. The maximum absolute atomic E-state index is 12.2. The Hall–Kier alpha value is -2.15. The number of imidazole rings is 1. The van der Waals surface area contributed by atoms with Crippen molar-refractivity contribution < 1.29 is 4.79 Å². The van der Waals surface area contributed by atoms with Gasteiger partial charge in [-0.05, 0) is 44.2 Å². The van der Waals surface area contributed by atoms with E-state index in [2.05, 4.69) is 31.9 Å². The average molecular weight is 342 g/mol. The van der Waals surface area contributed by atoms with Gasteiger partial charge in [-0.2, -0.15) is 5.10 Å². The molecule has 1 saturated carbocycles. The molecule has 2 fully saturated rings. The topological polar surface area (TPSA) is 68.0 Å². The predicted molar refractivity (Wildman–Crippen MR) is 93.8 cm³/mol. The standard InChI is InChI=1S/C18H26N6O/c1-22-13-19-10-16(22)12-24-5-3-18(4-6-24)7-15(8-18)21-17(25)14-9-20-23(2)11-14/h9-11,13,15H,3-8,12H2,1-2H3,(H,21,25). The van der Waals surface area contributed by atoms with E-state index in [0.29, 0.717) is 17.0 Å². The molecule has 1 aliphatic carbocycles. The first-order valence-corrected chi connectivity index (χ1v) is 9.00. The van der Waals surface area contributed by atoms with Gasteiger partial charge in [-0.1, -0.05) is 0 Å². The summed E-state index contributed by atoms with van der Waals surface area (Å²) in [6.45, 7) is 3.25. The van der Waals surface area contributed by atoms with Gasteiger partial charge in [0.2, 0.25) is 0 Å². The molecule has 134 valence electrons. The van der Waals surface area contributed by atoms with E-state index in [-0.39, 0.29) is 5.91 Å². The molecular formula is C18H26N6O. The third kappa shape index (κ3) is 3.33. The highest BCUT2D eigenvalue weighted by Gasteiger charge is 2.46. The molecule has 1 amide bonds. The molecule has 0 unspecified atom stereocenters. The minimum Gasteiger partial charge on any atom is -0.349 e. The van der Waals surface area contributed by atoms with Gasteiger partial charge in [-0.3, -0.25) is 14.4 Å². The maximum atomic E-state index is 12.2. The van der Waals surface area contributed by atoms with Gasteiger partial charge in [0.25, 0.3) is 5.91 Å². The Labute approximate surface area is 148 Å². The van der Waals surface area contributed by atoms with Gasteiger partial charge in [-0.15, -0.1) is 0 Å². The second kappa shape index (κ2) is 6.29. The summed E-state index contributed by atoms with van der Waals surface area (Å²) in [5.41, 5.74) is 2.36. The van der Waals surface area contributed by atoms with Gasteiger partial charge in [0.15, 0.2) is 0 Å². The van der Waals surface area contributed by atoms with Crippen LogP contribution in [0.3, 0.4) is 0 Å². The van der Waals surface area contributed by atoms with Gasteiger partial charge >= 0.3 is 0 Å². The van der Waals surface area contributed by atoms with Crippen LogP contribution in [-0.4, -0.2) is 49.3 Å². The number of nitrogens with zero attached hydrogens (tertiary/aromatic N) is 5. The van der Waals surface area contributed by atoms with Crippen molar-refractivity contribution in [2.45, 2.75) is 38.3 Å². The molecule has 4 rings (SSSR count). The number of nitrogens with one attached hydrogen (secondary N) is 1. The van der Waals surface area contributed by atoms with Crippen molar-refractivity contribution in [2.75, 3.05) is 13.1 Å². The number of likely N-dealkylation sites (tertiary alicyclic amines) is 1. The molecule has 2 aliphatic rings. The fourth-order valence-corrected chi connectivity index (χ4v) is 4.25. The highest BCUT2D eigenvalue weighted by molar-refractivity contribution is 5.93. The first kappa shape index (κ1) is 16.3. The number of hydrogen-bond acceptors (Lipinski definition) is 4. The predicted octanol–water partition coefficient (Wildman–Crippen LogP) is 1.33. The highest BCUT2D eigenvalue weighted by Crippen LogP contribution is 2.49. The lowest BCUT2D eigenvalue weighted by Gasteiger charge is -2.52. The van der Waals surface area contributed by atoms with E-state index < -0.39 is 0 Å². The average Bonchev–Trinajstić information content (AvgIpc) is 3.17. The van der Waals surface area contributed by atoms with Crippen LogP contribution < -0.4 is 5.32 Å². The second-order valence-electron chi connectivity index (χ2n) is 7.75. The normalized spacial score (nSPS) is 20.6. The molecule has 7 heteroatoms. The molecule has 0 bridgehead atoms. The lowest BCUT2D eigenvalue weighted by Crippen LogP contribution is -2.54. The van der Waals surface area contributed by atoms with E-state index in [0.717, 1.165) is 32.5 Å². The number of carbonyl (C=O) groups is 1. The molecule has 2 aromatic heterocycles. The van der Waals surface area contributed by atoms with Crippen LogP contribution >= 0.6 is 0 Å². The molecule has 0 aromatic carbocycles. The molecule has 2 aromatic rings. The second-order valence-corrected chi connectivity index (χ2v) is 7.75. The van der Waals surface area contributed by atoms with E-state index in [9.17, 15) is 4.79 Å². The van der Waals surface area contributed by atoms with Crippen molar-refractivity contribution in [3.63, 3.8) is 0 Å². The summed E-state index contributed by atoms with van der Waals surface area (Å²) in [4.78, 5) is 18.9. The number of aryl methyl sites for hydroxylation is 2. The zero-order valence-corrected chi connectivity index (χ0v) is 15.0. The monoisotopic (exact) mass is 342 g/mol. The molecule has 1 aliphatic heterocycles. The number of hydrogen-bond donors (Lipinski definition) is 1. The summed E-state index contributed by atoms with van der Waals surface area (Å²) in [5, 5.41) is 7.22. The Morgan fingerprint density at radius 1 is 1.28 bits per heavy atom. The van der Waals surface area contributed by atoms with Gasteiger partial charge in [0, 0.05) is 39.1 Å². The molecule has 1 saturated heterocycles. The third-order valence-electron chi connectivity index (χ3n) is 5.88. The van der Waals surface area contributed by atoms with E-state index in [1.807, 2.05) is 19.6 Å². The zero-order valence-electron chi connectivity index (χ0n) is 15.0. The Bertz CT molecular complexity index is 747. The van der Waals surface area contributed by atoms with Gasteiger partial charge in [-0.25, -0.2) is 4.98 Å². The Morgan fingerprint density at radius 3 is 2.64 bits per heavy atom. The largest absolute Gasteiger partial charge is 0.349 e. The number of rotatable bonds is 4. The molecule has 1 N–H and O–H groups in total. The SMILES string of the molecule is Cn1cc(C(=O)NC2CC3(CCN(Cc4cncn4C)CC3)C2)cn1. The molecule has 0 atom stereocenters. The Kier molecular flexibility index (Phi) is 4.11. The molecule has 25 heavy (non-hydrogen) atoms. The zero-order chi connectivity index (χ0) is 17.4. The number of aromatic nitrogens is 4. The van der Waals surface area contributed by atoms with Crippen LogP contribution in [0.4, 0.5) is 0 Å². The molecule has 0 radical (unpaired) electrons. The number of piperidine rings is 1. The summed E-state index contributed by atoms with van der Waals surface area (Å²) in [5.74, 6) is 0.00148. The molecule has 1 spiro atoms. The quantitative estimate of drug-likeness (QED) is 0.910. The first-order chi connectivity index (χ1) is 12.0. The van der Waals surface area contributed by atoms with Crippen molar-refractivity contribution in [3.8, 4) is 0 Å². The minimum atomic E-state index is 0.00148. The Balaban J connectivity index is 1.24. The fraction of sp³-hybridized carbons (Fsp3) is 0.611. The lowest BCUT2D eigenvalue weighted by atomic mass is 9.60. The van der Waals surface area contributed by atoms with Crippen LogP contribution in [0.15, 0.2) is 24.9 Å². The number of amides is 1. The van der Waals surface area contributed by atoms with Gasteiger partial charge in [0.1, 0.15) is 0 Å². The van der Waals surface area contributed by atoms with Crippen molar-refractivity contribution in [1.82, 2.24) is 29.5 Å². The van der Waals surface area contributed by atoms with Crippen molar-refractivity contribution in [1.29, 1.82) is 0 Å². The highest BCUT2D eigenvalue weighted by atomic mass is 16.1. The van der Waals surface area contributed by atoms with Crippen molar-refractivity contribution >= 4 is 5.91 Å². The van der Waals surface area contributed by atoms with Crippen LogP contribution in [0.25, 0.3) is 0 Å². The summed E-state index contributed by atoms with van der Waals surface area (Å²) in [6.07, 6.45) is 11.9. The molecule has 3 heterocycles. The van der Waals surface area contributed by atoms with Crippen LogP contribution in [0.1, 0.15) is 41.7 Å². The minimum absolute atomic E-state index is 0.00148. The van der Waals surface area contributed by atoms with E-state index in [1.165, 1.54) is 18.5 Å². The van der Waals surface area contributed by atoms with Crippen LogP contribution in [0.5, 0.6) is 0 Å². The summed E-state index contributed by atoms with van der Waals surface area (Å²) >= 11 is 0. The van der Waals surface area contributed by atoms with E-state index in [1.54, 1.807) is 17.1 Å². The maximum Gasteiger partial charge on any atom is 0.254 e. The molecule has 7 nitrogen and oxygen atoms in total. The van der Waals surface area contributed by atoms with E-state index >= 15 is 0 Å². The van der Waals surface area contributed by atoms with E-state index in [4.69, 9.17) is 0 Å². The molecular weight excluding hydrogens is 316 g/mol. The van der Waals surface area contributed by atoms with Crippen LogP contribution in [-0.2, 0) is 20.6 Å². The van der Waals surface area contributed by atoms with Gasteiger partial charge in [0.05, 0.1) is 23.8 Å². The van der Waals surface area contributed by atoms with Gasteiger partial charge < -0.3 is 9.88 Å². The lowest BCUT2D eigenvalue weighted by molar-refractivity contribution is 0.00417.